The smallest absolute Gasteiger partial charge is 0.215 e. The number of nitrogens with two attached hydrogens (primary N) is 2. The normalized spacial score (nSPS) is 22.3. The minimum Gasteiger partial charge on any atom is -0.369 e. The Bertz CT molecular complexity index is 269. The maximum absolute atomic E-state index is 7.06. The molecule has 5 heteroatoms. The minimum absolute atomic E-state index is 0.226. The molecule has 0 aromatic rings. The maximum atomic E-state index is 7.06. The summed E-state index contributed by atoms with van der Waals surface area (Å²) in [4.78, 5) is 5.78. The van der Waals surface area contributed by atoms with Crippen LogP contribution in [0.25, 0.3) is 0 Å². The first-order valence-corrected chi connectivity index (χ1v) is 5.34. The van der Waals surface area contributed by atoms with Crippen molar-refractivity contribution in [2.75, 3.05) is 13.1 Å². The quantitative estimate of drug-likeness (QED) is 0.407. The lowest BCUT2D eigenvalue weighted by molar-refractivity contribution is 0.313. The number of hydrogen-bond acceptors (Lipinski definition) is 1. The summed E-state index contributed by atoms with van der Waals surface area (Å²) in [5.41, 5.74) is 11.3. The molecular formula is C10H21N5. The van der Waals surface area contributed by atoms with Gasteiger partial charge in [-0.15, -0.1) is 0 Å². The van der Waals surface area contributed by atoms with Gasteiger partial charge in [-0.2, -0.15) is 4.99 Å². The second-order valence-corrected chi connectivity index (χ2v) is 4.86. The molecule has 1 saturated heterocycles. The van der Waals surface area contributed by atoms with Crippen LogP contribution in [0.15, 0.2) is 4.99 Å². The molecule has 1 aliphatic rings. The van der Waals surface area contributed by atoms with Gasteiger partial charge in [0.25, 0.3) is 0 Å². The molecule has 0 bridgehead atoms. The van der Waals surface area contributed by atoms with Crippen LogP contribution >= 0.6 is 0 Å². The predicted octanol–water partition coefficient (Wildman–Crippen LogP) is 0.707. The number of nitrogens with one attached hydrogen (secondary N) is 1. The molecule has 1 rings (SSSR count). The Morgan fingerprint density at radius 3 is 2.53 bits per heavy atom. The molecule has 0 radical (unpaired) electrons. The van der Waals surface area contributed by atoms with Crippen molar-refractivity contribution in [3.05, 3.63) is 0 Å². The topological polar surface area (TPSA) is 91.5 Å². The van der Waals surface area contributed by atoms with Crippen molar-refractivity contribution in [1.29, 1.82) is 5.41 Å². The molecular weight excluding hydrogens is 190 g/mol. The number of hydrogen-bond donors (Lipinski definition) is 3. The summed E-state index contributed by atoms with van der Waals surface area (Å²) in [6, 6.07) is 0. The van der Waals surface area contributed by atoms with Crippen LogP contribution in [-0.2, 0) is 0 Å². The molecule has 0 spiro atoms. The van der Waals surface area contributed by atoms with E-state index in [1.54, 1.807) is 0 Å². The second kappa shape index (κ2) is 4.51. The minimum atomic E-state index is -0.226. The Labute approximate surface area is 91.0 Å². The summed E-state index contributed by atoms with van der Waals surface area (Å²) in [5, 5.41) is 7.06. The van der Waals surface area contributed by atoms with Gasteiger partial charge in [0.2, 0.25) is 5.96 Å². The van der Waals surface area contributed by atoms with Crippen LogP contribution < -0.4 is 11.5 Å². The van der Waals surface area contributed by atoms with Gasteiger partial charge >= 0.3 is 0 Å². The van der Waals surface area contributed by atoms with Gasteiger partial charge in [0.05, 0.1) is 0 Å². The van der Waals surface area contributed by atoms with E-state index in [4.69, 9.17) is 16.9 Å². The van der Waals surface area contributed by atoms with Gasteiger partial charge in [0.15, 0.2) is 5.96 Å². The van der Waals surface area contributed by atoms with Gasteiger partial charge in [0, 0.05) is 13.1 Å². The molecule has 5 N–H and O–H groups in total. The molecule has 15 heavy (non-hydrogen) atoms. The van der Waals surface area contributed by atoms with Gasteiger partial charge in [-0.25, -0.2) is 0 Å². The van der Waals surface area contributed by atoms with Gasteiger partial charge in [-0.1, -0.05) is 13.8 Å². The monoisotopic (exact) mass is 211 g/mol. The summed E-state index contributed by atoms with van der Waals surface area (Å²) >= 11 is 0. The molecule has 0 saturated carbocycles. The van der Waals surface area contributed by atoms with E-state index in [1.165, 1.54) is 6.42 Å². The molecule has 0 aliphatic carbocycles. The van der Waals surface area contributed by atoms with E-state index in [0.717, 1.165) is 25.9 Å². The zero-order valence-electron chi connectivity index (χ0n) is 9.58. The molecule has 0 atom stereocenters. The Morgan fingerprint density at radius 2 is 1.93 bits per heavy atom. The zero-order chi connectivity index (χ0) is 11.5. The van der Waals surface area contributed by atoms with E-state index >= 15 is 0 Å². The highest BCUT2D eigenvalue weighted by Gasteiger charge is 2.23. The van der Waals surface area contributed by atoms with Crippen LogP contribution in [0, 0.1) is 10.8 Å². The van der Waals surface area contributed by atoms with Gasteiger partial charge in [0.1, 0.15) is 0 Å². The highest BCUT2D eigenvalue weighted by atomic mass is 15.3. The maximum Gasteiger partial charge on any atom is 0.215 e. The first kappa shape index (κ1) is 11.8. The highest BCUT2D eigenvalue weighted by Crippen LogP contribution is 2.29. The van der Waals surface area contributed by atoms with Crippen molar-refractivity contribution in [2.45, 2.75) is 33.1 Å². The third-order valence-corrected chi connectivity index (χ3v) is 2.90. The molecule has 1 fully saturated rings. The molecule has 0 aromatic heterocycles. The summed E-state index contributed by atoms with van der Waals surface area (Å²) in [5.74, 6) is 0.149. The third-order valence-electron chi connectivity index (χ3n) is 2.90. The summed E-state index contributed by atoms with van der Waals surface area (Å²) < 4.78 is 0. The van der Waals surface area contributed by atoms with Gasteiger partial charge in [-0.3, -0.25) is 5.41 Å². The fraction of sp³-hybridized carbons (Fsp3) is 0.800. The van der Waals surface area contributed by atoms with E-state index in [-0.39, 0.29) is 5.96 Å². The van der Waals surface area contributed by atoms with Crippen LogP contribution in [0.5, 0.6) is 0 Å². The molecule has 0 amide bonds. The summed E-state index contributed by atoms with van der Waals surface area (Å²) in [6.07, 6.45) is 3.42. The van der Waals surface area contributed by atoms with Crippen LogP contribution in [0.4, 0.5) is 0 Å². The van der Waals surface area contributed by atoms with Crippen LogP contribution in [-0.4, -0.2) is 29.9 Å². The number of nitrogens with zero attached hydrogens (tertiary/aromatic N) is 2. The number of guanidine groups is 2. The zero-order valence-corrected chi connectivity index (χ0v) is 9.58. The van der Waals surface area contributed by atoms with Crippen molar-refractivity contribution in [3.8, 4) is 0 Å². The highest BCUT2D eigenvalue weighted by molar-refractivity contribution is 5.91. The third kappa shape index (κ3) is 3.77. The molecule has 0 unspecified atom stereocenters. The number of rotatable bonds is 0. The largest absolute Gasteiger partial charge is 0.369 e. The predicted molar refractivity (Wildman–Crippen MR) is 62.7 cm³/mol. The molecule has 1 heterocycles. The van der Waals surface area contributed by atoms with Crippen molar-refractivity contribution < 1.29 is 0 Å². The lowest BCUT2D eigenvalue weighted by Gasteiger charge is -2.23. The van der Waals surface area contributed by atoms with Crippen LogP contribution in [0.2, 0.25) is 0 Å². The Kier molecular flexibility index (Phi) is 3.55. The van der Waals surface area contributed by atoms with Crippen molar-refractivity contribution in [3.63, 3.8) is 0 Å². The molecule has 86 valence electrons. The second-order valence-electron chi connectivity index (χ2n) is 4.86. The lowest BCUT2D eigenvalue weighted by Crippen LogP contribution is -2.39. The summed E-state index contributed by atoms with van der Waals surface area (Å²) in [7, 11) is 0. The molecule has 0 aromatic carbocycles. The Balaban J connectivity index is 2.62. The summed E-state index contributed by atoms with van der Waals surface area (Å²) in [6.45, 7) is 6.35. The van der Waals surface area contributed by atoms with Crippen LogP contribution in [0.1, 0.15) is 33.1 Å². The fourth-order valence-corrected chi connectivity index (χ4v) is 1.85. The lowest BCUT2D eigenvalue weighted by atomic mass is 9.85. The first-order valence-electron chi connectivity index (χ1n) is 5.34. The average Bonchev–Trinajstić information content (AvgIpc) is 2.25. The SMILES string of the molecule is CC1(C)CCCN(/C(N)=N/C(=N)N)CC1. The van der Waals surface area contributed by atoms with E-state index in [2.05, 4.69) is 18.8 Å². The molecule has 5 nitrogen and oxygen atoms in total. The Morgan fingerprint density at radius 1 is 1.27 bits per heavy atom. The average molecular weight is 211 g/mol. The van der Waals surface area contributed by atoms with Crippen molar-refractivity contribution >= 4 is 11.9 Å². The van der Waals surface area contributed by atoms with E-state index < -0.39 is 0 Å². The van der Waals surface area contributed by atoms with E-state index in [0.29, 0.717) is 11.4 Å². The van der Waals surface area contributed by atoms with Crippen molar-refractivity contribution in [2.24, 2.45) is 21.9 Å². The van der Waals surface area contributed by atoms with Crippen LogP contribution in [0.3, 0.4) is 0 Å². The van der Waals surface area contributed by atoms with Gasteiger partial charge in [-0.05, 0) is 24.7 Å². The van der Waals surface area contributed by atoms with E-state index in [9.17, 15) is 0 Å². The Hall–Kier alpha value is -1.26. The van der Waals surface area contributed by atoms with Crippen molar-refractivity contribution in [1.82, 2.24) is 4.90 Å². The molecule has 1 aliphatic heterocycles. The number of aliphatic imine (C=N–C) groups is 1. The van der Waals surface area contributed by atoms with E-state index in [1.807, 2.05) is 4.90 Å². The standard InChI is InChI=1S/C10H21N5/c1-10(2)4-3-6-15(7-5-10)9(13)14-8(11)12/h3-7H2,1-2H3,(H5,11,12,13,14). The fourth-order valence-electron chi connectivity index (χ4n) is 1.85. The first-order chi connectivity index (χ1) is 6.91. The van der Waals surface area contributed by atoms with Gasteiger partial charge < -0.3 is 16.4 Å². The number of likely N-dealkylation sites (tertiary alicyclic amines) is 1.